The highest BCUT2D eigenvalue weighted by Crippen LogP contribution is 2.45. The highest BCUT2D eigenvalue weighted by Gasteiger charge is 2.48. The summed E-state index contributed by atoms with van der Waals surface area (Å²) in [4.78, 5) is 15.2. The standard InChI is InChI=1S/C26H32ClN3O4S/c1-35(32,33)30-12-8-20(9-13-30)19-2-5-22(6-3-19)34-17-16-29-14-10-26(11-15-29)23-18-21(27)4-7-24(23)28-25(26)31/h2-7,18,20H,8-17H2,1H3,(H,28,31). The molecule has 2 saturated heterocycles. The maximum absolute atomic E-state index is 12.8. The number of hydrogen-bond acceptors (Lipinski definition) is 5. The van der Waals surface area contributed by atoms with Gasteiger partial charge in [0.1, 0.15) is 12.4 Å². The summed E-state index contributed by atoms with van der Waals surface area (Å²) in [5.74, 6) is 1.32. The van der Waals surface area contributed by atoms with Crippen LogP contribution in [0.1, 0.15) is 42.7 Å². The van der Waals surface area contributed by atoms with E-state index in [1.807, 2.05) is 30.3 Å². The largest absolute Gasteiger partial charge is 0.492 e. The quantitative estimate of drug-likeness (QED) is 0.629. The van der Waals surface area contributed by atoms with Gasteiger partial charge in [0, 0.05) is 30.3 Å². The van der Waals surface area contributed by atoms with E-state index in [-0.39, 0.29) is 5.91 Å². The first-order valence-corrected chi connectivity index (χ1v) is 14.5. The zero-order valence-electron chi connectivity index (χ0n) is 20.0. The minimum absolute atomic E-state index is 0.0905. The van der Waals surface area contributed by atoms with Crippen LogP contribution in [0.5, 0.6) is 5.75 Å². The van der Waals surface area contributed by atoms with Gasteiger partial charge in [-0.05, 0) is 86.1 Å². The van der Waals surface area contributed by atoms with Gasteiger partial charge in [0.25, 0.3) is 0 Å². The maximum Gasteiger partial charge on any atom is 0.235 e. The molecule has 2 fully saturated rings. The Morgan fingerprint density at radius 1 is 1.06 bits per heavy atom. The van der Waals surface area contributed by atoms with Crippen molar-refractivity contribution in [3.8, 4) is 5.75 Å². The number of hydrogen-bond donors (Lipinski definition) is 1. The van der Waals surface area contributed by atoms with Gasteiger partial charge >= 0.3 is 0 Å². The van der Waals surface area contributed by atoms with Crippen LogP contribution in [0.3, 0.4) is 0 Å². The van der Waals surface area contributed by atoms with E-state index in [0.717, 1.165) is 62.3 Å². The molecule has 188 valence electrons. The predicted molar refractivity (Wildman–Crippen MR) is 138 cm³/mol. The summed E-state index contributed by atoms with van der Waals surface area (Å²) in [6, 6.07) is 13.9. The summed E-state index contributed by atoms with van der Waals surface area (Å²) in [6.07, 6.45) is 4.52. The molecular formula is C26H32ClN3O4S. The first kappa shape index (κ1) is 24.6. The third kappa shape index (κ3) is 5.07. The number of anilines is 1. The van der Waals surface area contributed by atoms with Gasteiger partial charge in [0.05, 0.1) is 11.7 Å². The summed E-state index contributed by atoms with van der Waals surface area (Å²) in [6.45, 7) is 4.25. The SMILES string of the molecule is CS(=O)(=O)N1CCC(c2ccc(OCCN3CCC4(CC3)C(=O)Nc3ccc(Cl)cc34)cc2)CC1. The molecule has 0 radical (unpaired) electrons. The summed E-state index contributed by atoms with van der Waals surface area (Å²) < 4.78 is 31.0. The van der Waals surface area contributed by atoms with Crippen LogP contribution in [0, 0.1) is 0 Å². The molecular weight excluding hydrogens is 486 g/mol. The topological polar surface area (TPSA) is 79.0 Å². The molecule has 35 heavy (non-hydrogen) atoms. The van der Waals surface area contributed by atoms with Gasteiger partial charge in [-0.15, -0.1) is 0 Å². The molecule has 0 bridgehead atoms. The van der Waals surface area contributed by atoms with Crippen molar-refractivity contribution < 1.29 is 17.9 Å². The number of rotatable bonds is 6. The third-order valence-electron chi connectivity index (χ3n) is 7.84. The Bertz CT molecular complexity index is 1190. The Balaban J connectivity index is 1.09. The van der Waals surface area contributed by atoms with Crippen molar-refractivity contribution in [1.82, 2.24) is 9.21 Å². The lowest BCUT2D eigenvalue weighted by Crippen LogP contribution is -2.47. The van der Waals surface area contributed by atoms with Gasteiger partial charge in [-0.25, -0.2) is 12.7 Å². The van der Waals surface area contributed by atoms with E-state index in [9.17, 15) is 13.2 Å². The van der Waals surface area contributed by atoms with E-state index >= 15 is 0 Å². The number of likely N-dealkylation sites (tertiary alicyclic amines) is 1. The molecule has 2 aromatic rings. The molecule has 3 aliphatic heterocycles. The van der Waals surface area contributed by atoms with Gasteiger partial charge in [-0.1, -0.05) is 23.7 Å². The number of nitrogens with one attached hydrogen (secondary N) is 1. The van der Waals surface area contributed by atoms with E-state index < -0.39 is 15.4 Å². The average molecular weight is 518 g/mol. The summed E-state index contributed by atoms with van der Waals surface area (Å²) in [5.41, 5.74) is 2.70. The van der Waals surface area contributed by atoms with E-state index in [1.165, 1.54) is 11.8 Å². The monoisotopic (exact) mass is 517 g/mol. The van der Waals surface area contributed by atoms with E-state index in [2.05, 4.69) is 22.3 Å². The van der Waals surface area contributed by atoms with Gasteiger partial charge in [-0.2, -0.15) is 0 Å². The molecule has 9 heteroatoms. The van der Waals surface area contributed by atoms with E-state index in [1.54, 1.807) is 4.31 Å². The van der Waals surface area contributed by atoms with Crippen LogP contribution in [0.25, 0.3) is 0 Å². The number of carbonyl (C=O) groups excluding carboxylic acids is 1. The highest BCUT2D eigenvalue weighted by atomic mass is 35.5. The molecule has 0 saturated carbocycles. The fraction of sp³-hybridized carbons (Fsp3) is 0.500. The number of nitrogens with zero attached hydrogens (tertiary/aromatic N) is 2. The second kappa shape index (κ2) is 9.73. The van der Waals surface area contributed by atoms with E-state index in [4.69, 9.17) is 16.3 Å². The van der Waals surface area contributed by atoms with Crippen LogP contribution in [-0.2, 0) is 20.2 Å². The van der Waals surface area contributed by atoms with Crippen molar-refractivity contribution in [2.75, 3.05) is 50.9 Å². The van der Waals surface area contributed by atoms with Gasteiger partial charge < -0.3 is 10.1 Å². The zero-order chi connectivity index (χ0) is 24.6. The molecule has 7 nitrogen and oxygen atoms in total. The predicted octanol–water partition coefficient (Wildman–Crippen LogP) is 3.84. The second-order valence-corrected chi connectivity index (χ2v) is 12.3. The molecule has 5 rings (SSSR count). The molecule has 1 amide bonds. The van der Waals surface area contributed by atoms with Crippen molar-refractivity contribution in [2.45, 2.75) is 37.0 Å². The van der Waals surface area contributed by atoms with Crippen molar-refractivity contribution in [3.05, 3.63) is 58.6 Å². The molecule has 1 spiro atoms. The number of carbonyl (C=O) groups is 1. The number of fused-ring (bicyclic) bond motifs is 2. The Labute approximate surface area is 212 Å². The van der Waals surface area contributed by atoms with Crippen LogP contribution >= 0.6 is 11.6 Å². The van der Waals surface area contributed by atoms with Gasteiger partial charge in [-0.3, -0.25) is 9.69 Å². The number of amides is 1. The fourth-order valence-electron chi connectivity index (χ4n) is 5.69. The Morgan fingerprint density at radius 3 is 2.40 bits per heavy atom. The highest BCUT2D eigenvalue weighted by molar-refractivity contribution is 7.88. The third-order valence-corrected chi connectivity index (χ3v) is 9.38. The Kier molecular flexibility index (Phi) is 6.83. The van der Waals surface area contributed by atoms with Crippen molar-refractivity contribution in [2.24, 2.45) is 0 Å². The Hall–Kier alpha value is -2.13. The molecule has 0 aromatic heterocycles. The summed E-state index contributed by atoms with van der Waals surface area (Å²) >= 11 is 6.21. The van der Waals surface area contributed by atoms with Crippen molar-refractivity contribution >= 4 is 33.2 Å². The fourth-order valence-corrected chi connectivity index (χ4v) is 6.74. The first-order chi connectivity index (χ1) is 16.7. The smallest absolute Gasteiger partial charge is 0.235 e. The van der Waals surface area contributed by atoms with Crippen LogP contribution in [-0.4, -0.2) is 69.1 Å². The van der Waals surface area contributed by atoms with Crippen LogP contribution in [0.15, 0.2) is 42.5 Å². The number of piperidine rings is 2. The van der Waals surface area contributed by atoms with E-state index in [0.29, 0.717) is 30.6 Å². The number of halogens is 1. The molecule has 3 heterocycles. The maximum atomic E-state index is 12.8. The Morgan fingerprint density at radius 2 is 1.74 bits per heavy atom. The number of ether oxygens (including phenoxy) is 1. The van der Waals surface area contributed by atoms with Gasteiger partial charge in [0.2, 0.25) is 15.9 Å². The minimum Gasteiger partial charge on any atom is -0.492 e. The van der Waals surface area contributed by atoms with Crippen LogP contribution in [0.2, 0.25) is 5.02 Å². The number of benzene rings is 2. The lowest BCUT2D eigenvalue weighted by atomic mass is 9.73. The average Bonchev–Trinajstić information content (AvgIpc) is 3.11. The molecule has 3 aliphatic rings. The molecule has 1 N–H and O–H groups in total. The lowest BCUT2D eigenvalue weighted by molar-refractivity contribution is -0.122. The molecule has 0 unspecified atom stereocenters. The van der Waals surface area contributed by atoms with Gasteiger partial charge in [0.15, 0.2) is 0 Å². The summed E-state index contributed by atoms with van der Waals surface area (Å²) in [7, 11) is -3.10. The second-order valence-electron chi connectivity index (χ2n) is 9.92. The molecule has 0 atom stereocenters. The minimum atomic E-state index is -3.10. The summed E-state index contributed by atoms with van der Waals surface area (Å²) in [5, 5.41) is 3.70. The van der Waals surface area contributed by atoms with Crippen LogP contribution < -0.4 is 10.1 Å². The van der Waals surface area contributed by atoms with Crippen LogP contribution in [0.4, 0.5) is 5.69 Å². The molecule has 0 aliphatic carbocycles. The lowest BCUT2D eigenvalue weighted by Gasteiger charge is -2.38. The normalized spacial score (nSPS) is 21.1. The van der Waals surface area contributed by atoms with Crippen molar-refractivity contribution in [3.63, 3.8) is 0 Å². The first-order valence-electron chi connectivity index (χ1n) is 12.3. The zero-order valence-corrected chi connectivity index (χ0v) is 21.6. The van der Waals surface area contributed by atoms with Crippen molar-refractivity contribution in [1.29, 1.82) is 0 Å². The molecule has 2 aromatic carbocycles. The number of sulfonamides is 1.